The highest BCUT2D eigenvalue weighted by molar-refractivity contribution is 7.98. The fraction of sp³-hybridized carbons (Fsp3) is 0.188. The van der Waals surface area contributed by atoms with Gasteiger partial charge in [0.05, 0.1) is 10.6 Å². The van der Waals surface area contributed by atoms with E-state index >= 15 is 0 Å². The molecule has 0 unspecified atom stereocenters. The van der Waals surface area contributed by atoms with Gasteiger partial charge < -0.3 is 9.84 Å². The van der Waals surface area contributed by atoms with E-state index in [-0.39, 0.29) is 5.91 Å². The molecule has 1 amide bonds. The molecule has 5 nitrogen and oxygen atoms in total. The van der Waals surface area contributed by atoms with E-state index in [4.69, 9.17) is 16.1 Å². The van der Waals surface area contributed by atoms with Gasteiger partial charge in [-0.3, -0.25) is 4.79 Å². The summed E-state index contributed by atoms with van der Waals surface area (Å²) in [6.45, 7) is 0. The molecule has 0 bridgehead atoms. The Balaban J connectivity index is 1.40. The molecule has 3 rings (SSSR count). The summed E-state index contributed by atoms with van der Waals surface area (Å²) in [6, 6.07) is 11.0. The molecule has 0 spiro atoms. The Labute approximate surface area is 152 Å². The molecule has 0 radical (unpaired) electrons. The van der Waals surface area contributed by atoms with Crippen molar-refractivity contribution in [3.8, 4) is 10.7 Å². The summed E-state index contributed by atoms with van der Waals surface area (Å²) in [6.07, 6.45) is 0.406. The van der Waals surface area contributed by atoms with Gasteiger partial charge in [-0.1, -0.05) is 28.9 Å². The number of halogens is 1. The van der Waals surface area contributed by atoms with E-state index in [2.05, 4.69) is 15.5 Å². The van der Waals surface area contributed by atoms with E-state index in [1.54, 1.807) is 41.3 Å². The largest absolute Gasteiger partial charge is 0.338 e. The Bertz CT molecular complexity index is 805. The molecule has 0 saturated carbocycles. The van der Waals surface area contributed by atoms with Gasteiger partial charge in [-0.2, -0.15) is 16.7 Å². The molecule has 2 heterocycles. The third kappa shape index (κ3) is 4.83. The van der Waals surface area contributed by atoms with Crippen LogP contribution in [0.3, 0.4) is 0 Å². The summed E-state index contributed by atoms with van der Waals surface area (Å²) in [4.78, 5) is 17.2. The first-order chi connectivity index (χ1) is 11.7. The van der Waals surface area contributed by atoms with Crippen LogP contribution < -0.4 is 5.32 Å². The summed E-state index contributed by atoms with van der Waals surface area (Å²) < 4.78 is 5.21. The molecule has 2 aromatic heterocycles. The number of hydrogen-bond donors (Lipinski definition) is 1. The quantitative estimate of drug-likeness (QED) is 0.602. The smallest absolute Gasteiger partial charge is 0.236 e. The Morgan fingerprint density at radius 2 is 2.25 bits per heavy atom. The summed E-state index contributed by atoms with van der Waals surface area (Å²) >= 11 is 9.03. The molecule has 0 aliphatic rings. The Hall–Kier alpha value is -1.83. The fourth-order valence-corrected chi connectivity index (χ4v) is 3.54. The van der Waals surface area contributed by atoms with E-state index < -0.39 is 0 Å². The standard InChI is InChI=1S/C16H14ClN3O2S2/c17-11-3-1-4-12(9-11)18-14(21)6-8-23-10-15-19-16(20-22-15)13-5-2-7-24-13/h1-5,7,9H,6,8,10H2,(H,18,21). The van der Waals surface area contributed by atoms with E-state index in [1.165, 1.54) is 0 Å². The van der Waals surface area contributed by atoms with Crippen LogP contribution >= 0.6 is 34.7 Å². The van der Waals surface area contributed by atoms with Gasteiger partial charge in [-0.25, -0.2) is 0 Å². The van der Waals surface area contributed by atoms with Gasteiger partial charge >= 0.3 is 0 Å². The van der Waals surface area contributed by atoms with E-state index in [0.717, 1.165) is 4.88 Å². The average Bonchev–Trinajstić information content (AvgIpc) is 3.23. The van der Waals surface area contributed by atoms with Gasteiger partial charge in [0.2, 0.25) is 17.6 Å². The number of benzene rings is 1. The predicted molar refractivity (Wildman–Crippen MR) is 98.5 cm³/mol. The molecule has 0 aliphatic heterocycles. The lowest BCUT2D eigenvalue weighted by molar-refractivity contribution is -0.115. The monoisotopic (exact) mass is 379 g/mol. The van der Waals surface area contributed by atoms with Gasteiger partial charge in [0.25, 0.3) is 0 Å². The maximum atomic E-state index is 11.9. The van der Waals surface area contributed by atoms with Crippen LogP contribution in [0.1, 0.15) is 12.3 Å². The van der Waals surface area contributed by atoms with Crippen LogP contribution in [0.4, 0.5) is 5.69 Å². The van der Waals surface area contributed by atoms with Crippen molar-refractivity contribution in [2.45, 2.75) is 12.2 Å². The van der Waals surface area contributed by atoms with Crippen molar-refractivity contribution >= 4 is 46.3 Å². The molecule has 3 aromatic rings. The van der Waals surface area contributed by atoms with Gasteiger partial charge in [0, 0.05) is 22.9 Å². The second-order valence-electron chi connectivity index (χ2n) is 4.85. The minimum absolute atomic E-state index is 0.0467. The Morgan fingerprint density at radius 3 is 3.04 bits per heavy atom. The average molecular weight is 380 g/mol. The maximum absolute atomic E-state index is 11.9. The third-order valence-corrected chi connectivity index (χ3v) is 5.06. The predicted octanol–water partition coefficient (Wildman–Crippen LogP) is 4.71. The highest BCUT2D eigenvalue weighted by Crippen LogP contribution is 2.22. The van der Waals surface area contributed by atoms with E-state index in [9.17, 15) is 4.79 Å². The molecule has 8 heteroatoms. The molecule has 0 aliphatic carbocycles. The van der Waals surface area contributed by atoms with Crippen LogP contribution in [0.5, 0.6) is 0 Å². The molecule has 124 valence electrons. The third-order valence-electron chi connectivity index (χ3n) is 3.02. The van der Waals surface area contributed by atoms with Crippen molar-refractivity contribution in [3.63, 3.8) is 0 Å². The zero-order valence-corrected chi connectivity index (χ0v) is 15.0. The zero-order valence-electron chi connectivity index (χ0n) is 12.6. The first kappa shape index (κ1) is 17.0. The van der Waals surface area contributed by atoms with Gasteiger partial charge in [-0.15, -0.1) is 11.3 Å². The maximum Gasteiger partial charge on any atom is 0.236 e. The first-order valence-corrected chi connectivity index (χ1v) is 9.61. The lowest BCUT2D eigenvalue weighted by Crippen LogP contribution is -2.12. The number of thioether (sulfide) groups is 1. The van der Waals surface area contributed by atoms with Gasteiger partial charge in [0.15, 0.2) is 0 Å². The Kier molecular flexibility index (Phi) is 5.90. The van der Waals surface area contributed by atoms with Crippen LogP contribution in [0, 0.1) is 0 Å². The van der Waals surface area contributed by atoms with Crippen LogP contribution in [0.2, 0.25) is 5.02 Å². The normalized spacial score (nSPS) is 10.7. The van der Waals surface area contributed by atoms with Crippen LogP contribution in [-0.2, 0) is 10.5 Å². The number of nitrogens with zero attached hydrogens (tertiary/aromatic N) is 2. The van der Waals surface area contributed by atoms with Crippen molar-refractivity contribution in [1.82, 2.24) is 10.1 Å². The molecule has 0 saturated heterocycles. The van der Waals surface area contributed by atoms with Crippen LogP contribution in [-0.4, -0.2) is 21.8 Å². The van der Waals surface area contributed by atoms with E-state index in [0.29, 0.717) is 40.4 Å². The number of nitrogens with one attached hydrogen (secondary N) is 1. The van der Waals surface area contributed by atoms with Crippen LogP contribution in [0.25, 0.3) is 10.7 Å². The van der Waals surface area contributed by atoms with Crippen LogP contribution in [0.15, 0.2) is 46.3 Å². The SMILES string of the molecule is O=C(CCSCc1nc(-c2cccs2)no1)Nc1cccc(Cl)c1. The molecule has 1 N–H and O–H groups in total. The van der Waals surface area contributed by atoms with E-state index in [1.807, 2.05) is 23.6 Å². The first-order valence-electron chi connectivity index (χ1n) is 7.20. The zero-order chi connectivity index (χ0) is 16.8. The molecular weight excluding hydrogens is 366 g/mol. The molecule has 0 fully saturated rings. The number of carbonyl (C=O) groups is 1. The lowest BCUT2D eigenvalue weighted by atomic mass is 10.3. The minimum atomic E-state index is -0.0467. The number of amides is 1. The van der Waals surface area contributed by atoms with Crippen molar-refractivity contribution in [1.29, 1.82) is 0 Å². The van der Waals surface area contributed by atoms with Gasteiger partial charge in [0.1, 0.15) is 0 Å². The number of aromatic nitrogens is 2. The van der Waals surface area contributed by atoms with Crippen molar-refractivity contribution < 1.29 is 9.32 Å². The van der Waals surface area contributed by atoms with Crippen molar-refractivity contribution in [3.05, 3.63) is 52.7 Å². The number of hydrogen-bond acceptors (Lipinski definition) is 6. The summed E-state index contributed by atoms with van der Waals surface area (Å²) in [5.41, 5.74) is 0.704. The topological polar surface area (TPSA) is 68.0 Å². The molecule has 24 heavy (non-hydrogen) atoms. The minimum Gasteiger partial charge on any atom is -0.338 e. The fourth-order valence-electron chi connectivity index (χ4n) is 1.93. The number of carbonyl (C=O) groups excluding carboxylic acids is 1. The summed E-state index contributed by atoms with van der Waals surface area (Å²) in [7, 11) is 0. The summed E-state index contributed by atoms with van der Waals surface area (Å²) in [5.74, 6) is 2.39. The highest BCUT2D eigenvalue weighted by Gasteiger charge is 2.10. The Morgan fingerprint density at radius 1 is 1.33 bits per heavy atom. The highest BCUT2D eigenvalue weighted by atomic mass is 35.5. The molecule has 0 atom stereocenters. The number of thiophene rings is 1. The van der Waals surface area contributed by atoms with Gasteiger partial charge in [-0.05, 0) is 29.6 Å². The molecule has 1 aromatic carbocycles. The lowest BCUT2D eigenvalue weighted by Gasteiger charge is -2.04. The second-order valence-corrected chi connectivity index (χ2v) is 7.34. The van der Waals surface area contributed by atoms with Crippen molar-refractivity contribution in [2.75, 3.05) is 11.1 Å². The molecular formula is C16H14ClN3O2S2. The van der Waals surface area contributed by atoms with Crippen molar-refractivity contribution in [2.24, 2.45) is 0 Å². The second kappa shape index (κ2) is 8.32. The summed E-state index contributed by atoms with van der Waals surface area (Å²) in [5, 5.41) is 9.34. The number of anilines is 1. The number of rotatable bonds is 7.